The minimum Gasteiger partial charge on any atom is -0.462 e. The molecule has 1 aromatic rings. The van der Waals surface area contributed by atoms with E-state index in [0.29, 0.717) is 17.9 Å². The van der Waals surface area contributed by atoms with Crippen LogP contribution < -0.4 is 11.1 Å². The first-order valence-corrected chi connectivity index (χ1v) is 8.60. The Morgan fingerprint density at radius 3 is 2.52 bits per heavy atom. The van der Waals surface area contributed by atoms with Gasteiger partial charge in [-0.25, -0.2) is 4.79 Å². The molecule has 0 atom stereocenters. The summed E-state index contributed by atoms with van der Waals surface area (Å²) in [7, 11) is 0. The van der Waals surface area contributed by atoms with E-state index in [1.807, 2.05) is 11.8 Å². The summed E-state index contributed by atoms with van der Waals surface area (Å²) in [5.41, 5.74) is 7.96. The Kier molecular flexibility index (Phi) is 6.89. The summed E-state index contributed by atoms with van der Waals surface area (Å²) in [4.78, 5) is 11.8. The lowest BCUT2D eigenvalue weighted by atomic mass is 10.0. The van der Waals surface area contributed by atoms with Crippen molar-refractivity contribution < 1.29 is 9.53 Å². The second-order valence-corrected chi connectivity index (χ2v) is 6.24. The number of nitrogens with two attached hydrogens (primary N) is 1. The molecule has 0 aliphatic rings. The minimum absolute atomic E-state index is 0.187. The number of carbonyl (C=O) groups excluding carboxylic acids is 1. The van der Waals surface area contributed by atoms with Gasteiger partial charge in [-0.15, -0.1) is 0 Å². The van der Waals surface area contributed by atoms with Crippen LogP contribution in [-0.4, -0.2) is 30.1 Å². The topological polar surface area (TPSA) is 64.3 Å². The van der Waals surface area contributed by atoms with E-state index in [1.54, 1.807) is 25.1 Å². The van der Waals surface area contributed by atoms with Gasteiger partial charge in [0.15, 0.2) is 0 Å². The third kappa shape index (κ3) is 4.56. The van der Waals surface area contributed by atoms with Crippen LogP contribution in [-0.2, 0) is 4.74 Å². The lowest BCUT2D eigenvalue weighted by molar-refractivity contribution is 0.0526. The van der Waals surface area contributed by atoms with Crippen LogP contribution in [0.3, 0.4) is 0 Å². The molecule has 0 bridgehead atoms. The number of nitrogen functional groups attached to an aromatic ring is 1. The van der Waals surface area contributed by atoms with Crippen LogP contribution in [0.1, 0.15) is 44.0 Å². The molecule has 3 N–H and O–H groups in total. The lowest BCUT2D eigenvalue weighted by Gasteiger charge is -2.30. The van der Waals surface area contributed by atoms with Crippen molar-refractivity contribution in [3.05, 3.63) is 23.8 Å². The zero-order valence-electron chi connectivity index (χ0n) is 13.4. The van der Waals surface area contributed by atoms with E-state index in [-0.39, 0.29) is 10.7 Å². The maximum atomic E-state index is 11.8. The summed E-state index contributed by atoms with van der Waals surface area (Å²) in [6.45, 7) is 7.37. The van der Waals surface area contributed by atoms with Crippen LogP contribution in [0.15, 0.2) is 18.2 Å². The molecule has 0 heterocycles. The van der Waals surface area contributed by atoms with Gasteiger partial charge in [0.05, 0.1) is 23.5 Å². The van der Waals surface area contributed by atoms with Crippen molar-refractivity contribution in [1.29, 1.82) is 0 Å². The minimum atomic E-state index is -0.317. The standard InChI is InChI=1S/C16H26N2O2S/c1-5-16(6-2,21-4)11-18-14-10-12(8-9-13(14)17)15(19)20-7-3/h8-10,18H,5-7,11,17H2,1-4H3. The Morgan fingerprint density at radius 2 is 2.00 bits per heavy atom. The highest BCUT2D eigenvalue weighted by molar-refractivity contribution is 8.00. The molecule has 0 saturated carbocycles. The Morgan fingerprint density at radius 1 is 1.33 bits per heavy atom. The summed E-state index contributed by atoms with van der Waals surface area (Å²) in [6.07, 6.45) is 4.29. The molecule has 0 fully saturated rings. The molecule has 21 heavy (non-hydrogen) atoms. The molecule has 1 rings (SSSR count). The predicted octanol–water partition coefficient (Wildman–Crippen LogP) is 3.78. The van der Waals surface area contributed by atoms with Gasteiger partial charge in [0.1, 0.15) is 0 Å². The first-order valence-electron chi connectivity index (χ1n) is 7.37. The highest BCUT2D eigenvalue weighted by Crippen LogP contribution is 2.31. The fourth-order valence-corrected chi connectivity index (χ4v) is 2.96. The van der Waals surface area contributed by atoms with E-state index in [1.165, 1.54) is 0 Å². The predicted molar refractivity (Wildman–Crippen MR) is 92.1 cm³/mol. The summed E-state index contributed by atoms with van der Waals surface area (Å²) in [5, 5.41) is 3.39. The van der Waals surface area contributed by atoms with Gasteiger partial charge in [-0.05, 0) is 44.2 Å². The average Bonchev–Trinajstić information content (AvgIpc) is 2.51. The maximum Gasteiger partial charge on any atom is 0.338 e. The molecule has 0 spiro atoms. The normalized spacial score (nSPS) is 11.2. The van der Waals surface area contributed by atoms with Gasteiger partial charge in [-0.1, -0.05) is 13.8 Å². The molecule has 5 heteroatoms. The van der Waals surface area contributed by atoms with Crippen molar-refractivity contribution in [3.63, 3.8) is 0 Å². The molecule has 0 aliphatic heterocycles. The third-order valence-electron chi connectivity index (χ3n) is 3.89. The first-order chi connectivity index (χ1) is 10.0. The summed E-state index contributed by atoms with van der Waals surface area (Å²) in [5.74, 6) is -0.317. The Hall–Kier alpha value is -1.36. The number of hydrogen-bond donors (Lipinski definition) is 2. The highest BCUT2D eigenvalue weighted by atomic mass is 32.2. The van der Waals surface area contributed by atoms with Crippen LogP contribution >= 0.6 is 11.8 Å². The van der Waals surface area contributed by atoms with Crippen molar-refractivity contribution in [1.82, 2.24) is 0 Å². The van der Waals surface area contributed by atoms with Crippen LogP contribution in [0, 0.1) is 0 Å². The number of anilines is 2. The summed E-state index contributed by atoms with van der Waals surface area (Å²) >= 11 is 1.87. The van der Waals surface area contributed by atoms with Crippen molar-refractivity contribution in [2.75, 3.05) is 30.5 Å². The number of thioether (sulfide) groups is 1. The number of carbonyl (C=O) groups is 1. The Balaban J connectivity index is 2.87. The van der Waals surface area contributed by atoms with E-state index in [0.717, 1.165) is 25.1 Å². The second kappa shape index (κ2) is 8.17. The van der Waals surface area contributed by atoms with E-state index < -0.39 is 0 Å². The van der Waals surface area contributed by atoms with E-state index in [4.69, 9.17) is 10.5 Å². The zero-order chi connectivity index (χ0) is 15.9. The Labute approximate surface area is 131 Å². The SMILES string of the molecule is CCOC(=O)c1ccc(N)c(NCC(CC)(CC)SC)c1. The van der Waals surface area contributed by atoms with Crippen molar-refractivity contribution in [2.24, 2.45) is 0 Å². The van der Waals surface area contributed by atoms with Gasteiger partial charge in [-0.3, -0.25) is 0 Å². The molecule has 0 radical (unpaired) electrons. The summed E-state index contributed by atoms with van der Waals surface area (Å²) < 4.78 is 5.21. The van der Waals surface area contributed by atoms with E-state index in [2.05, 4.69) is 25.4 Å². The molecule has 4 nitrogen and oxygen atoms in total. The molecule has 0 saturated heterocycles. The highest BCUT2D eigenvalue weighted by Gasteiger charge is 2.24. The number of esters is 1. The molecule has 0 aliphatic carbocycles. The maximum absolute atomic E-state index is 11.8. The smallest absolute Gasteiger partial charge is 0.338 e. The van der Waals surface area contributed by atoms with Crippen LogP contribution in [0.4, 0.5) is 11.4 Å². The number of benzene rings is 1. The fourth-order valence-electron chi connectivity index (χ4n) is 2.17. The molecule has 0 amide bonds. The van der Waals surface area contributed by atoms with Gasteiger partial charge in [0, 0.05) is 11.3 Å². The number of nitrogens with one attached hydrogen (secondary N) is 1. The number of hydrogen-bond acceptors (Lipinski definition) is 5. The first kappa shape index (κ1) is 17.7. The van der Waals surface area contributed by atoms with Gasteiger partial charge in [0.2, 0.25) is 0 Å². The molecule has 118 valence electrons. The van der Waals surface area contributed by atoms with Crippen molar-refractivity contribution >= 4 is 29.1 Å². The van der Waals surface area contributed by atoms with Gasteiger partial charge in [-0.2, -0.15) is 11.8 Å². The van der Waals surface area contributed by atoms with Gasteiger partial charge < -0.3 is 15.8 Å². The third-order valence-corrected chi connectivity index (χ3v) is 5.47. The number of ether oxygens (including phenoxy) is 1. The van der Waals surface area contributed by atoms with Gasteiger partial charge in [0.25, 0.3) is 0 Å². The molecule has 1 aromatic carbocycles. The van der Waals surface area contributed by atoms with Crippen LogP contribution in [0.25, 0.3) is 0 Å². The quantitative estimate of drug-likeness (QED) is 0.565. The lowest BCUT2D eigenvalue weighted by Crippen LogP contribution is -2.32. The zero-order valence-corrected chi connectivity index (χ0v) is 14.2. The van der Waals surface area contributed by atoms with E-state index >= 15 is 0 Å². The van der Waals surface area contributed by atoms with E-state index in [9.17, 15) is 4.79 Å². The average molecular weight is 310 g/mol. The molecule has 0 unspecified atom stereocenters. The van der Waals surface area contributed by atoms with Crippen molar-refractivity contribution in [2.45, 2.75) is 38.4 Å². The number of rotatable bonds is 8. The van der Waals surface area contributed by atoms with Crippen LogP contribution in [0.2, 0.25) is 0 Å². The fraction of sp³-hybridized carbons (Fsp3) is 0.562. The Bertz CT molecular complexity index is 465. The molecule has 0 aromatic heterocycles. The molecular weight excluding hydrogens is 284 g/mol. The van der Waals surface area contributed by atoms with Gasteiger partial charge >= 0.3 is 5.97 Å². The summed E-state index contributed by atoms with van der Waals surface area (Å²) in [6, 6.07) is 5.21. The van der Waals surface area contributed by atoms with Crippen molar-refractivity contribution in [3.8, 4) is 0 Å². The monoisotopic (exact) mass is 310 g/mol. The largest absolute Gasteiger partial charge is 0.462 e. The molecular formula is C16H26N2O2S. The second-order valence-electron chi connectivity index (χ2n) is 4.97. The van der Waals surface area contributed by atoms with Crippen LogP contribution in [0.5, 0.6) is 0 Å².